The molecule has 0 aromatic rings. The summed E-state index contributed by atoms with van der Waals surface area (Å²) in [5, 5.41) is 11.8. The van der Waals surface area contributed by atoms with E-state index in [4.69, 9.17) is 0 Å². The molecular formula is C13H21N3O4. The van der Waals surface area contributed by atoms with Gasteiger partial charge in [0.25, 0.3) is 5.91 Å². The summed E-state index contributed by atoms with van der Waals surface area (Å²) in [7, 11) is 0. The normalized spacial score (nSPS) is 29.9. The highest BCUT2D eigenvalue weighted by Gasteiger charge is 2.45. The van der Waals surface area contributed by atoms with E-state index >= 15 is 0 Å². The Morgan fingerprint density at radius 1 is 1.40 bits per heavy atom. The second-order valence-corrected chi connectivity index (χ2v) is 6.10. The van der Waals surface area contributed by atoms with Gasteiger partial charge in [-0.2, -0.15) is 0 Å². The molecule has 0 aromatic carbocycles. The Balaban J connectivity index is 1.97. The number of hydrogen-bond acceptors (Lipinski definition) is 4. The molecule has 2 fully saturated rings. The number of nitrogens with one attached hydrogen (secondary N) is 1. The molecule has 2 unspecified atom stereocenters. The maximum atomic E-state index is 12.0. The third-order valence-electron chi connectivity index (χ3n) is 4.11. The van der Waals surface area contributed by atoms with E-state index in [0.717, 1.165) is 6.42 Å². The molecule has 20 heavy (non-hydrogen) atoms. The molecule has 2 aliphatic rings. The molecule has 0 spiro atoms. The quantitative estimate of drug-likeness (QED) is 0.715. The summed E-state index contributed by atoms with van der Waals surface area (Å²) in [6.07, 6.45) is 0.822. The molecule has 0 aromatic heterocycles. The van der Waals surface area contributed by atoms with Crippen molar-refractivity contribution in [1.82, 2.24) is 15.1 Å². The van der Waals surface area contributed by atoms with Crippen LogP contribution in [0.3, 0.4) is 0 Å². The van der Waals surface area contributed by atoms with Crippen LogP contribution < -0.4 is 5.32 Å². The van der Waals surface area contributed by atoms with Gasteiger partial charge in [0, 0.05) is 13.1 Å². The zero-order chi connectivity index (χ0) is 15.1. The third kappa shape index (κ3) is 2.49. The van der Waals surface area contributed by atoms with Gasteiger partial charge in [0.15, 0.2) is 0 Å². The summed E-state index contributed by atoms with van der Waals surface area (Å²) in [6, 6.07) is -0.928. The molecule has 7 heteroatoms. The molecule has 2 rings (SSSR count). The smallest absolute Gasteiger partial charge is 0.325 e. The van der Waals surface area contributed by atoms with Crippen molar-refractivity contribution in [2.24, 2.45) is 5.92 Å². The van der Waals surface area contributed by atoms with Crippen molar-refractivity contribution in [2.75, 3.05) is 19.6 Å². The predicted octanol–water partition coefficient (Wildman–Crippen LogP) is 0.112. The van der Waals surface area contributed by atoms with Crippen molar-refractivity contribution in [3.05, 3.63) is 0 Å². The second-order valence-electron chi connectivity index (χ2n) is 6.10. The van der Waals surface area contributed by atoms with Crippen molar-refractivity contribution < 1.29 is 19.5 Å². The average molecular weight is 283 g/mol. The van der Waals surface area contributed by atoms with E-state index in [9.17, 15) is 19.5 Å². The molecule has 2 N–H and O–H groups in total. The van der Waals surface area contributed by atoms with Crippen molar-refractivity contribution in [3.8, 4) is 0 Å². The van der Waals surface area contributed by atoms with Crippen molar-refractivity contribution in [1.29, 1.82) is 0 Å². The number of carbonyl (C=O) groups is 3. The van der Waals surface area contributed by atoms with Crippen molar-refractivity contribution in [3.63, 3.8) is 0 Å². The number of imide groups is 1. The van der Waals surface area contributed by atoms with Gasteiger partial charge in [0.05, 0.1) is 0 Å². The average Bonchev–Trinajstić information content (AvgIpc) is 2.77. The molecule has 0 radical (unpaired) electrons. The lowest BCUT2D eigenvalue weighted by atomic mass is 10.0. The first-order chi connectivity index (χ1) is 9.24. The summed E-state index contributed by atoms with van der Waals surface area (Å²) in [4.78, 5) is 38.0. The Labute approximate surface area is 117 Å². The van der Waals surface area contributed by atoms with Crippen LogP contribution in [-0.2, 0) is 9.59 Å². The van der Waals surface area contributed by atoms with Gasteiger partial charge in [0.1, 0.15) is 11.6 Å². The lowest BCUT2D eigenvalue weighted by Crippen LogP contribution is -2.45. The van der Waals surface area contributed by atoms with Crippen LogP contribution in [0.2, 0.25) is 0 Å². The van der Waals surface area contributed by atoms with Crippen molar-refractivity contribution in [2.45, 2.75) is 38.8 Å². The predicted molar refractivity (Wildman–Crippen MR) is 71.1 cm³/mol. The molecule has 2 saturated heterocycles. The molecule has 2 aliphatic heterocycles. The first kappa shape index (κ1) is 14.8. The van der Waals surface area contributed by atoms with Gasteiger partial charge in [0.2, 0.25) is 0 Å². The lowest BCUT2D eigenvalue weighted by Gasteiger charge is -2.25. The minimum absolute atomic E-state index is 0.0899. The van der Waals surface area contributed by atoms with Crippen LogP contribution in [0.1, 0.15) is 27.2 Å². The topological polar surface area (TPSA) is 90.0 Å². The highest BCUT2D eigenvalue weighted by Crippen LogP contribution is 2.24. The zero-order valence-electron chi connectivity index (χ0n) is 12.0. The highest BCUT2D eigenvalue weighted by molar-refractivity contribution is 6.06. The maximum Gasteiger partial charge on any atom is 0.325 e. The zero-order valence-corrected chi connectivity index (χ0v) is 12.0. The van der Waals surface area contributed by atoms with E-state index in [-0.39, 0.29) is 18.4 Å². The van der Waals surface area contributed by atoms with Crippen LogP contribution in [0.15, 0.2) is 0 Å². The Morgan fingerprint density at radius 3 is 2.55 bits per heavy atom. The number of hydrogen-bond donors (Lipinski definition) is 2. The molecule has 2 atom stereocenters. The number of amides is 3. The second kappa shape index (κ2) is 5.05. The number of carboxylic acid groups (broad SMARTS) is 1. The van der Waals surface area contributed by atoms with Crippen LogP contribution in [0.4, 0.5) is 4.79 Å². The molecule has 0 bridgehead atoms. The Hall–Kier alpha value is -1.63. The fourth-order valence-electron chi connectivity index (χ4n) is 2.93. The number of aliphatic carboxylic acids is 1. The van der Waals surface area contributed by atoms with Gasteiger partial charge in [-0.05, 0) is 32.7 Å². The highest BCUT2D eigenvalue weighted by atomic mass is 16.4. The number of nitrogens with zero attached hydrogens (tertiary/aromatic N) is 2. The van der Waals surface area contributed by atoms with Crippen molar-refractivity contribution >= 4 is 17.9 Å². The van der Waals surface area contributed by atoms with Gasteiger partial charge >= 0.3 is 12.0 Å². The van der Waals surface area contributed by atoms with E-state index in [0.29, 0.717) is 13.1 Å². The summed E-state index contributed by atoms with van der Waals surface area (Å²) in [6.45, 7) is 6.54. The fraction of sp³-hybridized carbons (Fsp3) is 0.769. The molecule has 0 saturated carbocycles. The molecule has 112 valence electrons. The molecular weight excluding hydrogens is 262 g/mol. The van der Waals surface area contributed by atoms with Crippen LogP contribution in [0.25, 0.3) is 0 Å². The maximum absolute atomic E-state index is 12.0. The number of rotatable bonds is 4. The SMILES string of the molecule is CC1CCN(CCN2C(=O)NC(C)(C)C2=O)C1C(=O)O. The van der Waals surface area contributed by atoms with Crippen LogP contribution in [-0.4, -0.2) is 64.0 Å². The molecule has 2 heterocycles. The van der Waals surface area contributed by atoms with Crippen LogP contribution in [0.5, 0.6) is 0 Å². The summed E-state index contributed by atoms with van der Waals surface area (Å²) in [5.74, 6) is -1.01. The van der Waals surface area contributed by atoms with Gasteiger partial charge in [-0.25, -0.2) is 4.79 Å². The monoisotopic (exact) mass is 283 g/mol. The van der Waals surface area contributed by atoms with Gasteiger partial charge in [-0.1, -0.05) is 6.92 Å². The minimum atomic E-state index is -0.873. The van der Waals surface area contributed by atoms with E-state index < -0.39 is 23.6 Å². The number of carboxylic acids is 1. The van der Waals surface area contributed by atoms with Crippen LogP contribution in [0, 0.1) is 5.92 Å². The molecule has 7 nitrogen and oxygen atoms in total. The summed E-state index contributed by atoms with van der Waals surface area (Å²) in [5.41, 5.74) is -0.873. The summed E-state index contributed by atoms with van der Waals surface area (Å²) >= 11 is 0. The number of urea groups is 1. The van der Waals surface area contributed by atoms with E-state index in [1.165, 1.54) is 4.90 Å². The van der Waals surface area contributed by atoms with E-state index in [1.54, 1.807) is 13.8 Å². The lowest BCUT2D eigenvalue weighted by molar-refractivity contribution is -0.143. The Kier molecular flexibility index (Phi) is 3.73. The number of likely N-dealkylation sites (tertiary alicyclic amines) is 1. The van der Waals surface area contributed by atoms with Gasteiger partial charge < -0.3 is 10.4 Å². The van der Waals surface area contributed by atoms with Crippen LogP contribution >= 0.6 is 0 Å². The van der Waals surface area contributed by atoms with Gasteiger partial charge in [-0.3, -0.25) is 19.4 Å². The number of carbonyl (C=O) groups excluding carboxylic acids is 2. The van der Waals surface area contributed by atoms with Gasteiger partial charge in [-0.15, -0.1) is 0 Å². The first-order valence-electron chi connectivity index (χ1n) is 6.85. The summed E-state index contributed by atoms with van der Waals surface area (Å²) < 4.78 is 0. The first-order valence-corrected chi connectivity index (χ1v) is 6.85. The minimum Gasteiger partial charge on any atom is -0.480 e. The van der Waals surface area contributed by atoms with E-state index in [1.807, 2.05) is 11.8 Å². The molecule has 3 amide bonds. The third-order valence-corrected chi connectivity index (χ3v) is 4.11. The Bertz CT molecular complexity index is 449. The standard InChI is InChI=1S/C13H21N3O4/c1-8-4-5-15(9(8)10(17)18)6-7-16-11(19)13(2,3)14-12(16)20/h8-9H,4-7H2,1-3H3,(H,14,20)(H,17,18). The molecule has 0 aliphatic carbocycles. The van der Waals surface area contributed by atoms with E-state index in [2.05, 4.69) is 5.32 Å². The fourth-order valence-corrected chi connectivity index (χ4v) is 2.93. The largest absolute Gasteiger partial charge is 0.480 e. The Morgan fingerprint density at radius 2 is 2.05 bits per heavy atom.